The van der Waals surface area contributed by atoms with Gasteiger partial charge in [-0.15, -0.1) is 0 Å². The van der Waals surface area contributed by atoms with Gasteiger partial charge in [-0.05, 0) is 55.3 Å². The lowest BCUT2D eigenvalue weighted by atomic mass is 10.1. The average Bonchev–Trinajstić information content (AvgIpc) is 2.66. The topological polar surface area (TPSA) is 85.9 Å². The zero-order valence-corrected chi connectivity index (χ0v) is 15.2. The number of methoxy groups -OCH3 is 2. The third-order valence-electron chi connectivity index (χ3n) is 3.81. The highest BCUT2D eigenvalue weighted by atomic mass is 16.5. The van der Waals surface area contributed by atoms with E-state index >= 15 is 0 Å². The lowest BCUT2D eigenvalue weighted by molar-refractivity contribution is -0.123. The van der Waals surface area contributed by atoms with E-state index < -0.39 is 11.8 Å². The Morgan fingerprint density at radius 2 is 1.62 bits per heavy atom. The van der Waals surface area contributed by atoms with E-state index in [0.29, 0.717) is 22.8 Å². The SMILES string of the molecule is COc1ccc(C(=O)NNC(=O)COc2ccc(C)c(C)c2)cc1OC. The maximum absolute atomic E-state index is 12.1. The standard InChI is InChI=1S/C19H22N2O5/c1-12-5-7-15(9-13(12)2)26-11-18(22)20-21-19(23)14-6-8-16(24-3)17(10-14)25-4/h5-10H,11H2,1-4H3,(H,20,22)(H,21,23). The first-order chi connectivity index (χ1) is 12.4. The fraction of sp³-hybridized carbons (Fsp3) is 0.263. The summed E-state index contributed by atoms with van der Waals surface area (Å²) in [6.07, 6.45) is 0. The van der Waals surface area contributed by atoms with Crippen molar-refractivity contribution in [2.45, 2.75) is 13.8 Å². The Labute approximate surface area is 152 Å². The van der Waals surface area contributed by atoms with Crippen LogP contribution in [0.1, 0.15) is 21.5 Å². The van der Waals surface area contributed by atoms with Gasteiger partial charge in [0, 0.05) is 5.56 Å². The molecule has 0 spiro atoms. The maximum Gasteiger partial charge on any atom is 0.276 e. The van der Waals surface area contributed by atoms with Crippen LogP contribution in [0.15, 0.2) is 36.4 Å². The van der Waals surface area contributed by atoms with Crippen LogP contribution in [-0.4, -0.2) is 32.6 Å². The van der Waals surface area contributed by atoms with E-state index in [1.165, 1.54) is 20.3 Å². The van der Waals surface area contributed by atoms with Gasteiger partial charge in [0.15, 0.2) is 18.1 Å². The molecular weight excluding hydrogens is 336 g/mol. The molecule has 26 heavy (non-hydrogen) atoms. The number of hydrogen-bond donors (Lipinski definition) is 2. The van der Waals surface area contributed by atoms with Crippen LogP contribution in [-0.2, 0) is 4.79 Å². The summed E-state index contributed by atoms with van der Waals surface area (Å²) in [5, 5.41) is 0. The number of amides is 2. The molecule has 0 fully saturated rings. The minimum absolute atomic E-state index is 0.214. The van der Waals surface area contributed by atoms with Gasteiger partial charge in [-0.1, -0.05) is 6.07 Å². The van der Waals surface area contributed by atoms with E-state index in [4.69, 9.17) is 14.2 Å². The molecular formula is C19H22N2O5. The maximum atomic E-state index is 12.1. The molecule has 138 valence electrons. The summed E-state index contributed by atoms with van der Waals surface area (Å²) >= 11 is 0. The summed E-state index contributed by atoms with van der Waals surface area (Å²) in [4.78, 5) is 23.9. The Morgan fingerprint density at radius 1 is 0.885 bits per heavy atom. The van der Waals surface area contributed by atoms with Crippen LogP contribution in [0.2, 0.25) is 0 Å². The minimum atomic E-state index is -0.481. The summed E-state index contributed by atoms with van der Waals surface area (Å²) in [6.45, 7) is 3.75. The number of carbonyl (C=O) groups excluding carboxylic acids is 2. The van der Waals surface area contributed by atoms with Crippen LogP contribution in [0.25, 0.3) is 0 Å². The quantitative estimate of drug-likeness (QED) is 0.773. The molecule has 0 bridgehead atoms. The molecule has 2 N–H and O–H groups in total. The summed E-state index contributed by atoms with van der Waals surface area (Å²) < 4.78 is 15.7. The second-order valence-corrected chi connectivity index (χ2v) is 5.61. The highest BCUT2D eigenvalue weighted by Gasteiger charge is 2.12. The van der Waals surface area contributed by atoms with Gasteiger partial charge in [0.05, 0.1) is 14.2 Å². The third-order valence-corrected chi connectivity index (χ3v) is 3.81. The minimum Gasteiger partial charge on any atom is -0.493 e. The van der Waals surface area contributed by atoms with Crippen molar-refractivity contribution in [1.82, 2.24) is 10.9 Å². The van der Waals surface area contributed by atoms with Crippen molar-refractivity contribution in [2.75, 3.05) is 20.8 Å². The molecule has 0 atom stereocenters. The van der Waals surface area contributed by atoms with Crippen LogP contribution in [0.5, 0.6) is 17.2 Å². The van der Waals surface area contributed by atoms with Gasteiger partial charge < -0.3 is 14.2 Å². The normalized spacial score (nSPS) is 10.0. The predicted molar refractivity (Wildman–Crippen MR) is 96.6 cm³/mol. The van der Waals surface area contributed by atoms with Crippen molar-refractivity contribution in [2.24, 2.45) is 0 Å². The largest absolute Gasteiger partial charge is 0.493 e. The number of nitrogens with one attached hydrogen (secondary N) is 2. The molecule has 0 saturated carbocycles. The Bertz CT molecular complexity index is 805. The van der Waals surface area contributed by atoms with Gasteiger partial charge in [0.25, 0.3) is 11.8 Å². The number of carbonyl (C=O) groups is 2. The number of hydrogen-bond acceptors (Lipinski definition) is 5. The summed E-state index contributed by atoms with van der Waals surface area (Å²) in [5.41, 5.74) is 7.17. The monoisotopic (exact) mass is 358 g/mol. The molecule has 7 nitrogen and oxygen atoms in total. The molecule has 2 amide bonds. The number of aryl methyl sites for hydroxylation is 2. The van der Waals surface area contributed by atoms with E-state index in [0.717, 1.165) is 11.1 Å². The van der Waals surface area contributed by atoms with Crippen molar-refractivity contribution in [1.29, 1.82) is 0 Å². The van der Waals surface area contributed by atoms with E-state index in [-0.39, 0.29) is 6.61 Å². The van der Waals surface area contributed by atoms with E-state index in [9.17, 15) is 9.59 Å². The highest BCUT2D eigenvalue weighted by Crippen LogP contribution is 2.27. The number of ether oxygens (including phenoxy) is 3. The summed E-state index contributed by atoms with van der Waals surface area (Å²) in [6, 6.07) is 10.3. The molecule has 0 aliphatic carbocycles. The van der Waals surface area contributed by atoms with Gasteiger partial charge in [0.2, 0.25) is 0 Å². The van der Waals surface area contributed by atoms with Gasteiger partial charge in [-0.3, -0.25) is 20.4 Å². The Balaban J connectivity index is 1.86. The molecule has 2 aromatic rings. The first-order valence-corrected chi connectivity index (χ1v) is 7.96. The van der Waals surface area contributed by atoms with Gasteiger partial charge in [0.1, 0.15) is 5.75 Å². The van der Waals surface area contributed by atoms with Crippen molar-refractivity contribution in [3.63, 3.8) is 0 Å². The molecule has 0 aliphatic heterocycles. The van der Waals surface area contributed by atoms with Gasteiger partial charge >= 0.3 is 0 Å². The second-order valence-electron chi connectivity index (χ2n) is 5.61. The van der Waals surface area contributed by atoms with Gasteiger partial charge in [-0.25, -0.2) is 0 Å². The van der Waals surface area contributed by atoms with Crippen molar-refractivity contribution < 1.29 is 23.8 Å². The van der Waals surface area contributed by atoms with Crippen LogP contribution in [0.4, 0.5) is 0 Å². The fourth-order valence-corrected chi connectivity index (χ4v) is 2.16. The van der Waals surface area contributed by atoms with E-state index in [2.05, 4.69) is 10.9 Å². The molecule has 0 aliphatic rings. The smallest absolute Gasteiger partial charge is 0.276 e. The van der Waals surface area contributed by atoms with Gasteiger partial charge in [-0.2, -0.15) is 0 Å². The summed E-state index contributed by atoms with van der Waals surface area (Å²) in [5.74, 6) is 0.566. The summed E-state index contributed by atoms with van der Waals surface area (Å²) in [7, 11) is 2.98. The predicted octanol–water partition coefficient (Wildman–Crippen LogP) is 2.16. The van der Waals surface area contributed by atoms with E-state index in [1.807, 2.05) is 26.0 Å². The Morgan fingerprint density at radius 3 is 2.27 bits per heavy atom. The number of rotatable bonds is 6. The Kier molecular flexibility index (Phi) is 6.43. The molecule has 2 rings (SSSR count). The molecule has 7 heteroatoms. The molecule has 2 aromatic carbocycles. The fourth-order valence-electron chi connectivity index (χ4n) is 2.16. The second kappa shape index (κ2) is 8.75. The van der Waals surface area contributed by atoms with Crippen LogP contribution in [0, 0.1) is 13.8 Å². The number of hydrazine groups is 1. The van der Waals surface area contributed by atoms with Crippen molar-refractivity contribution in [3.05, 3.63) is 53.1 Å². The molecule has 0 saturated heterocycles. The number of benzene rings is 2. The van der Waals surface area contributed by atoms with Crippen LogP contribution < -0.4 is 25.1 Å². The first-order valence-electron chi connectivity index (χ1n) is 7.96. The van der Waals surface area contributed by atoms with Crippen LogP contribution >= 0.6 is 0 Å². The lowest BCUT2D eigenvalue weighted by Gasteiger charge is -2.11. The molecule has 0 unspecified atom stereocenters. The van der Waals surface area contributed by atoms with E-state index in [1.54, 1.807) is 18.2 Å². The van der Waals surface area contributed by atoms with Crippen molar-refractivity contribution in [3.8, 4) is 17.2 Å². The zero-order chi connectivity index (χ0) is 19.1. The van der Waals surface area contributed by atoms with Crippen molar-refractivity contribution >= 4 is 11.8 Å². The van der Waals surface area contributed by atoms with Crippen LogP contribution in [0.3, 0.4) is 0 Å². The zero-order valence-electron chi connectivity index (χ0n) is 15.2. The molecule has 0 radical (unpaired) electrons. The highest BCUT2D eigenvalue weighted by molar-refractivity contribution is 5.96. The Hall–Kier alpha value is -3.22. The first kappa shape index (κ1) is 19.1. The molecule has 0 heterocycles. The third kappa shape index (κ3) is 4.89. The average molecular weight is 358 g/mol. The lowest BCUT2D eigenvalue weighted by Crippen LogP contribution is -2.43. The molecule has 0 aromatic heterocycles.